The molecule has 3 aliphatic carbocycles. The van der Waals surface area contributed by atoms with E-state index in [9.17, 15) is 0 Å². The fourth-order valence-electron chi connectivity index (χ4n) is 9.31. The summed E-state index contributed by atoms with van der Waals surface area (Å²) in [6.07, 6.45) is 5.41. The standard InChI is InChI=1S/C43H33NO/c1-2-9-31(10-3-1)44(32-21-18-29(19-22-32)34-13-8-14-38-37-12-5-7-16-41(37)45-42(34)38)33-23-24-36-35-11-4-6-15-39(35)43(40(36)26-33)27-28-17-20-30(43)25-28/h1-16,18-19,21-24,26,28,30H,17,20,25,27H2. The van der Waals surface area contributed by atoms with Crippen LogP contribution in [-0.4, -0.2) is 0 Å². The lowest BCUT2D eigenvalue weighted by Gasteiger charge is -2.37. The molecule has 6 aromatic carbocycles. The van der Waals surface area contributed by atoms with E-state index in [-0.39, 0.29) is 5.41 Å². The third-order valence-corrected chi connectivity index (χ3v) is 11.1. The van der Waals surface area contributed by atoms with E-state index in [0.717, 1.165) is 50.6 Å². The predicted molar refractivity (Wildman–Crippen MR) is 186 cm³/mol. The van der Waals surface area contributed by atoms with Crippen LogP contribution in [0.5, 0.6) is 0 Å². The van der Waals surface area contributed by atoms with Crippen molar-refractivity contribution >= 4 is 39.0 Å². The van der Waals surface area contributed by atoms with Gasteiger partial charge in [-0.05, 0) is 101 Å². The fourth-order valence-corrected chi connectivity index (χ4v) is 9.31. The Labute approximate surface area is 263 Å². The maximum Gasteiger partial charge on any atom is 0.143 e. The van der Waals surface area contributed by atoms with Crippen LogP contribution in [-0.2, 0) is 5.41 Å². The lowest BCUT2D eigenvalue weighted by Crippen LogP contribution is -2.31. The van der Waals surface area contributed by atoms with Gasteiger partial charge in [0.05, 0.1) is 0 Å². The van der Waals surface area contributed by atoms with Crippen LogP contribution in [0.25, 0.3) is 44.2 Å². The molecule has 7 aromatic rings. The second kappa shape index (κ2) is 9.46. The van der Waals surface area contributed by atoms with Crippen LogP contribution in [0.15, 0.2) is 144 Å². The second-order valence-electron chi connectivity index (χ2n) is 13.3. The van der Waals surface area contributed by atoms with E-state index in [0.29, 0.717) is 0 Å². The molecule has 1 spiro atoms. The van der Waals surface area contributed by atoms with E-state index in [4.69, 9.17) is 4.42 Å². The van der Waals surface area contributed by atoms with Crippen molar-refractivity contribution in [2.45, 2.75) is 31.1 Å². The van der Waals surface area contributed by atoms with Gasteiger partial charge < -0.3 is 9.32 Å². The Bertz CT molecular complexity index is 2240. The summed E-state index contributed by atoms with van der Waals surface area (Å²) in [5.41, 5.74) is 13.8. The molecule has 2 nitrogen and oxygen atoms in total. The molecule has 3 aliphatic rings. The first-order chi connectivity index (χ1) is 22.3. The summed E-state index contributed by atoms with van der Waals surface area (Å²) in [5, 5.41) is 2.32. The zero-order valence-electron chi connectivity index (χ0n) is 25.1. The predicted octanol–water partition coefficient (Wildman–Crippen LogP) is 11.8. The molecule has 2 bridgehead atoms. The number of anilines is 3. The van der Waals surface area contributed by atoms with Crippen LogP contribution >= 0.6 is 0 Å². The minimum atomic E-state index is 0.155. The average Bonchev–Trinajstić information content (AvgIpc) is 3.87. The Hall–Kier alpha value is -5.08. The summed E-state index contributed by atoms with van der Waals surface area (Å²) in [5.74, 6) is 1.59. The van der Waals surface area contributed by atoms with Crippen molar-refractivity contribution in [3.05, 3.63) is 151 Å². The van der Waals surface area contributed by atoms with Gasteiger partial charge in [0.25, 0.3) is 0 Å². The molecule has 0 amide bonds. The van der Waals surface area contributed by atoms with Gasteiger partial charge in [0.2, 0.25) is 0 Å². The van der Waals surface area contributed by atoms with Crippen molar-refractivity contribution in [1.29, 1.82) is 0 Å². The molecule has 0 radical (unpaired) electrons. The first-order valence-electron chi connectivity index (χ1n) is 16.4. The zero-order valence-corrected chi connectivity index (χ0v) is 25.1. The van der Waals surface area contributed by atoms with Gasteiger partial charge in [-0.2, -0.15) is 0 Å². The summed E-state index contributed by atoms with van der Waals surface area (Å²) in [6, 6.07) is 51.1. The Kier molecular flexibility index (Phi) is 5.31. The quantitative estimate of drug-likeness (QED) is 0.206. The molecule has 0 aliphatic heterocycles. The Morgan fingerprint density at radius 1 is 0.556 bits per heavy atom. The first-order valence-corrected chi connectivity index (χ1v) is 16.4. The van der Waals surface area contributed by atoms with Crippen molar-refractivity contribution in [2.24, 2.45) is 11.8 Å². The Morgan fingerprint density at radius 2 is 1.27 bits per heavy atom. The first kappa shape index (κ1) is 25.3. The Balaban J connectivity index is 1.10. The van der Waals surface area contributed by atoms with E-state index in [1.54, 1.807) is 11.1 Å². The summed E-state index contributed by atoms with van der Waals surface area (Å²) >= 11 is 0. The monoisotopic (exact) mass is 579 g/mol. The van der Waals surface area contributed by atoms with Crippen LogP contribution in [0, 0.1) is 11.8 Å². The molecule has 2 saturated carbocycles. The minimum absolute atomic E-state index is 0.155. The molecule has 2 heteroatoms. The summed E-state index contributed by atoms with van der Waals surface area (Å²) in [6.45, 7) is 0. The highest BCUT2D eigenvalue weighted by molar-refractivity contribution is 6.09. The lowest BCUT2D eigenvalue weighted by molar-refractivity contribution is 0.327. The Morgan fingerprint density at radius 3 is 2.11 bits per heavy atom. The van der Waals surface area contributed by atoms with Crippen molar-refractivity contribution in [3.8, 4) is 22.3 Å². The largest absolute Gasteiger partial charge is 0.455 e. The van der Waals surface area contributed by atoms with Crippen molar-refractivity contribution in [1.82, 2.24) is 0 Å². The van der Waals surface area contributed by atoms with Crippen LogP contribution in [0.1, 0.15) is 36.8 Å². The lowest BCUT2D eigenvalue weighted by atomic mass is 9.67. The number of fused-ring (bicyclic) bond motifs is 11. The second-order valence-corrected chi connectivity index (χ2v) is 13.3. The van der Waals surface area contributed by atoms with Crippen molar-refractivity contribution in [2.75, 3.05) is 4.90 Å². The number of para-hydroxylation sites is 3. The van der Waals surface area contributed by atoms with Gasteiger partial charge in [-0.15, -0.1) is 0 Å². The van der Waals surface area contributed by atoms with Gasteiger partial charge in [-0.1, -0.05) is 103 Å². The third-order valence-electron chi connectivity index (χ3n) is 11.1. The molecule has 3 atom stereocenters. The highest BCUT2D eigenvalue weighted by Gasteiger charge is 2.56. The topological polar surface area (TPSA) is 16.4 Å². The van der Waals surface area contributed by atoms with Gasteiger partial charge in [-0.25, -0.2) is 0 Å². The fraction of sp³-hybridized carbons (Fsp3) is 0.163. The molecule has 216 valence electrons. The van der Waals surface area contributed by atoms with Crippen LogP contribution < -0.4 is 4.90 Å². The number of hydrogen-bond donors (Lipinski definition) is 0. The van der Waals surface area contributed by atoms with E-state index in [1.807, 2.05) is 6.07 Å². The van der Waals surface area contributed by atoms with E-state index in [1.165, 1.54) is 48.2 Å². The van der Waals surface area contributed by atoms with Crippen LogP contribution in [0.4, 0.5) is 17.1 Å². The number of benzene rings is 6. The molecule has 1 aromatic heterocycles. The molecule has 2 fully saturated rings. The highest BCUT2D eigenvalue weighted by Crippen LogP contribution is 2.66. The molecule has 1 heterocycles. The number of hydrogen-bond acceptors (Lipinski definition) is 2. The SMILES string of the molecule is c1ccc(N(c2ccc(-c3cccc4c3oc3ccccc34)cc2)c2ccc3c(c2)C2(CC4CCC2C4)c2ccccc2-3)cc1. The molecule has 0 N–H and O–H groups in total. The van der Waals surface area contributed by atoms with Gasteiger partial charge in [0.15, 0.2) is 0 Å². The third kappa shape index (κ3) is 3.57. The van der Waals surface area contributed by atoms with Crippen molar-refractivity contribution in [3.63, 3.8) is 0 Å². The molecule has 10 rings (SSSR count). The normalized spacial score (nSPS) is 21.1. The van der Waals surface area contributed by atoms with Crippen molar-refractivity contribution < 1.29 is 4.42 Å². The summed E-state index contributed by atoms with van der Waals surface area (Å²) in [7, 11) is 0. The van der Waals surface area contributed by atoms with E-state index >= 15 is 0 Å². The van der Waals surface area contributed by atoms with Gasteiger partial charge >= 0.3 is 0 Å². The highest BCUT2D eigenvalue weighted by atomic mass is 16.3. The molecular formula is C43H33NO. The summed E-state index contributed by atoms with van der Waals surface area (Å²) in [4.78, 5) is 2.43. The maximum atomic E-state index is 6.38. The zero-order chi connectivity index (χ0) is 29.5. The summed E-state index contributed by atoms with van der Waals surface area (Å²) < 4.78 is 6.38. The number of rotatable bonds is 4. The molecule has 0 saturated heterocycles. The van der Waals surface area contributed by atoms with Gasteiger partial charge in [0.1, 0.15) is 11.2 Å². The smallest absolute Gasteiger partial charge is 0.143 e. The number of furan rings is 1. The van der Waals surface area contributed by atoms with Crippen LogP contribution in [0.3, 0.4) is 0 Å². The number of nitrogens with zero attached hydrogens (tertiary/aromatic N) is 1. The van der Waals surface area contributed by atoms with E-state index < -0.39 is 0 Å². The van der Waals surface area contributed by atoms with Gasteiger partial charge in [0, 0.05) is 38.8 Å². The average molecular weight is 580 g/mol. The molecule has 3 unspecified atom stereocenters. The minimum Gasteiger partial charge on any atom is -0.455 e. The molecular weight excluding hydrogens is 546 g/mol. The van der Waals surface area contributed by atoms with Gasteiger partial charge in [-0.3, -0.25) is 0 Å². The maximum absolute atomic E-state index is 6.38. The van der Waals surface area contributed by atoms with Crippen LogP contribution in [0.2, 0.25) is 0 Å². The van der Waals surface area contributed by atoms with E-state index in [2.05, 4.69) is 138 Å². The molecule has 45 heavy (non-hydrogen) atoms.